The quantitative estimate of drug-likeness (QED) is 0.252. The summed E-state index contributed by atoms with van der Waals surface area (Å²) in [7, 11) is -3.80. The van der Waals surface area contributed by atoms with Crippen molar-refractivity contribution >= 4 is 56.5 Å². The minimum absolute atomic E-state index is 0.180. The molecule has 0 amide bonds. The number of hydrogen-bond donors (Lipinski definition) is 0. The summed E-state index contributed by atoms with van der Waals surface area (Å²) in [5.41, 5.74) is 0. The third-order valence-corrected chi connectivity index (χ3v) is 5.01. The standard InChI is InChI=1S/C11H14Br2NO4PS/c1-4-16-19(15,18-14-8(2)20-3)17-11-6-5-9(12)7-10(11)13/h5-7H,4H2,1-3H3/b14-8+. The topological polar surface area (TPSA) is 57.1 Å². The predicted octanol–water partition coefficient (Wildman–Crippen LogP) is 5.45. The van der Waals surface area contributed by atoms with E-state index < -0.39 is 7.82 Å². The fraction of sp³-hybridized carbons (Fsp3) is 0.364. The Kier molecular flexibility index (Phi) is 7.61. The summed E-state index contributed by atoms with van der Waals surface area (Å²) >= 11 is 8.01. The molecule has 0 aliphatic heterocycles. The Hall–Kier alpha value is -0.0100. The molecule has 0 radical (unpaired) electrons. The van der Waals surface area contributed by atoms with Crippen LogP contribution in [0.2, 0.25) is 0 Å². The SMILES string of the molecule is CCOP(=O)(O/N=C(\C)SC)Oc1ccc(Br)cc1Br. The van der Waals surface area contributed by atoms with Crippen molar-refractivity contribution in [3.05, 3.63) is 27.1 Å². The van der Waals surface area contributed by atoms with Crippen LogP contribution in [-0.2, 0) is 13.7 Å². The van der Waals surface area contributed by atoms with Crippen molar-refractivity contribution in [1.82, 2.24) is 0 Å². The van der Waals surface area contributed by atoms with Gasteiger partial charge in [-0.15, -0.1) is 11.8 Å². The number of phosphoric acid groups is 1. The van der Waals surface area contributed by atoms with Crippen molar-refractivity contribution < 1.29 is 18.2 Å². The maximum atomic E-state index is 12.4. The molecule has 0 saturated carbocycles. The zero-order valence-corrected chi connectivity index (χ0v) is 16.0. The van der Waals surface area contributed by atoms with Crippen LogP contribution in [0, 0.1) is 0 Å². The van der Waals surface area contributed by atoms with Crippen molar-refractivity contribution in [1.29, 1.82) is 0 Å². The second kappa shape index (κ2) is 8.44. The number of nitrogens with zero attached hydrogens (tertiary/aromatic N) is 1. The maximum absolute atomic E-state index is 12.4. The molecule has 0 aliphatic carbocycles. The van der Waals surface area contributed by atoms with Crippen molar-refractivity contribution in [2.75, 3.05) is 12.9 Å². The van der Waals surface area contributed by atoms with Gasteiger partial charge in [0.2, 0.25) is 0 Å². The normalized spacial score (nSPS) is 14.8. The van der Waals surface area contributed by atoms with Gasteiger partial charge >= 0.3 is 7.82 Å². The lowest BCUT2D eigenvalue weighted by Crippen LogP contribution is -2.01. The molecular weight excluding hydrogens is 433 g/mol. The van der Waals surface area contributed by atoms with Gasteiger partial charge in [-0.25, -0.2) is 4.57 Å². The molecule has 1 aromatic rings. The second-order valence-corrected chi connectivity index (χ2v) is 7.69. The molecule has 5 nitrogen and oxygen atoms in total. The number of rotatable bonds is 6. The van der Waals surface area contributed by atoms with Gasteiger partial charge in [0, 0.05) is 4.47 Å². The number of oxime groups is 1. The molecule has 1 unspecified atom stereocenters. The van der Waals surface area contributed by atoms with Crippen LogP contribution in [0.3, 0.4) is 0 Å². The average Bonchev–Trinajstić information content (AvgIpc) is 2.40. The number of thioether (sulfide) groups is 1. The molecule has 9 heteroatoms. The fourth-order valence-electron chi connectivity index (χ4n) is 1.04. The molecule has 0 spiro atoms. The van der Waals surface area contributed by atoms with Gasteiger partial charge in [0.1, 0.15) is 10.8 Å². The lowest BCUT2D eigenvalue weighted by molar-refractivity contribution is 0.166. The Labute approximate surface area is 139 Å². The molecule has 1 aromatic carbocycles. The van der Waals surface area contributed by atoms with Gasteiger partial charge in [0.05, 0.1) is 11.1 Å². The first-order valence-electron chi connectivity index (χ1n) is 5.56. The molecule has 20 heavy (non-hydrogen) atoms. The van der Waals surface area contributed by atoms with Crippen LogP contribution >= 0.6 is 51.4 Å². The molecule has 0 N–H and O–H groups in total. The Bertz CT molecular complexity index is 541. The molecule has 0 fully saturated rings. The Morgan fingerprint density at radius 2 is 2.15 bits per heavy atom. The van der Waals surface area contributed by atoms with Crippen LogP contribution in [-0.4, -0.2) is 17.9 Å². The van der Waals surface area contributed by atoms with E-state index in [1.807, 2.05) is 6.26 Å². The highest BCUT2D eigenvalue weighted by Gasteiger charge is 2.31. The summed E-state index contributed by atoms with van der Waals surface area (Å²) in [4.78, 5) is 0. The fourth-order valence-corrected chi connectivity index (χ4v) is 3.53. The van der Waals surface area contributed by atoms with Gasteiger partial charge in [0.25, 0.3) is 0 Å². The molecule has 0 saturated heterocycles. The molecule has 1 atom stereocenters. The van der Waals surface area contributed by atoms with Crippen LogP contribution in [0.1, 0.15) is 13.8 Å². The van der Waals surface area contributed by atoms with E-state index in [0.29, 0.717) is 15.3 Å². The lowest BCUT2D eigenvalue weighted by Gasteiger charge is -2.16. The first-order valence-corrected chi connectivity index (χ1v) is 9.84. The number of hydrogen-bond acceptors (Lipinski definition) is 6. The van der Waals surface area contributed by atoms with Gasteiger partial charge in [-0.1, -0.05) is 21.1 Å². The highest BCUT2D eigenvalue weighted by molar-refractivity contribution is 9.11. The Morgan fingerprint density at radius 3 is 2.70 bits per heavy atom. The van der Waals surface area contributed by atoms with Crippen molar-refractivity contribution in [3.8, 4) is 5.75 Å². The zero-order chi connectivity index (χ0) is 15.2. The number of halogens is 2. The van der Waals surface area contributed by atoms with E-state index in [0.717, 1.165) is 4.47 Å². The van der Waals surface area contributed by atoms with Crippen LogP contribution in [0.4, 0.5) is 0 Å². The highest BCUT2D eigenvalue weighted by atomic mass is 79.9. The zero-order valence-electron chi connectivity index (χ0n) is 11.1. The number of phosphoric ester groups is 1. The third-order valence-electron chi connectivity index (χ3n) is 1.96. The minimum atomic E-state index is -3.80. The van der Waals surface area contributed by atoms with E-state index in [4.69, 9.17) is 13.7 Å². The van der Waals surface area contributed by atoms with E-state index in [1.165, 1.54) is 11.8 Å². The summed E-state index contributed by atoms with van der Waals surface area (Å²) < 4.78 is 29.3. The Morgan fingerprint density at radius 1 is 1.45 bits per heavy atom. The second-order valence-electron chi connectivity index (χ2n) is 3.43. The van der Waals surface area contributed by atoms with Gasteiger partial charge in [0.15, 0.2) is 0 Å². The van der Waals surface area contributed by atoms with E-state index in [1.54, 1.807) is 32.0 Å². The van der Waals surface area contributed by atoms with Crippen LogP contribution < -0.4 is 4.52 Å². The van der Waals surface area contributed by atoms with Gasteiger partial charge in [-0.05, 0) is 54.2 Å². The summed E-state index contributed by atoms with van der Waals surface area (Å²) in [5.74, 6) is 0.349. The molecule has 0 heterocycles. The first-order chi connectivity index (χ1) is 9.40. The minimum Gasteiger partial charge on any atom is -0.393 e. The van der Waals surface area contributed by atoms with Crippen molar-refractivity contribution in [2.24, 2.45) is 5.16 Å². The van der Waals surface area contributed by atoms with Crippen LogP contribution in [0.15, 0.2) is 32.3 Å². The van der Waals surface area contributed by atoms with Gasteiger partial charge in [-0.2, -0.15) is 0 Å². The molecule has 112 valence electrons. The smallest absolute Gasteiger partial charge is 0.393 e. The summed E-state index contributed by atoms with van der Waals surface area (Å²) in [6, 6.07) is 5.17. The molecular formula is C11H14Br2NO4PS. The number of benzene rings is 1. The predicted molar refractivity (Wildman–Crippen MR) is 89.4 cm³/mol. The highest BCUT2D eigenvalue weighted by Crippen LogP contribution is 2.51. The van der Waals surface area contributed by atoms with E-state index in [9.17, 15) is 4.57 Å². The largest absolute Gasteiger partial charge is 0.608 e. The third kappa shape index (κ3) is 5.77. The molecule has 0 aliphatic rings. The average molecular weight is 447 g/mol. The first kappa shape index (κ1) is 18.0. The van der Waals surface area contributed by atoms with Gasteiger partial charge in [-0.3, -0.25) is 9.15 Å². The monoisotopic (exact) mass is 445 g/mol. The summed E-state index contributed by atoms with van der Waals surface area (Å²) in [6.45, 7) is 3.61. The van der Waals surface area contributed by atoms with Crippen molar-refractivity contribution in [2.45, 2.75) is 13.8 Å². The maximum Gasteiger partial charge on any atom is 0.608 e. The van der Waals surface area contributed by atoms with E-state index >= 15 is 0 Å². The summed E-state index contributed by atoms with van der Waals surface area (Å²) in [5, 5.41) is 4.33. The van der Waals surface area contributed by atoms with Gasteiger partial charge < -0.3 is 4.52 Å². The lowest BCUT2D eigenvalue weighted by atomic mass is 10.3. The van der Waals surface area contributed by atoms with E-state index in [-0.39, 0.29) is 6.61 Å². The molecule has 0 aromatic heterocycles. The van der Waals surface area contributed by atoms with Crippen LogP contribution in [0.5, 0.6) is 5.75 Å². The van der Waals surface area contributed by atoms with Crippen molar-refractivity contribution in [3.63, 3.8) is 0 Å². The van der Waals surface area contributed by atoms with Crippen LogP contribution in [0.25, 0.3) is 0 Å². The molecule has 0 bridgehead atoms. The summed E-state index contributed by atoms with van der Waals surface area (Å²) in [6.07, 6.45) is 1.83. The molecule has 1 rings (SSSR count). The van der Waals surface area contributed by atoms with E-state index in [2.05, 4.69) is 37.0 Å². The Balaban J connectivity index is 2.93.